The molecule has 0 fully saturated rings. The molecule has 0 amide bonds. The number of nitrogens with one attached hydrogen (secondary N) is 2. The van der Waals surface area contributed by atoms with E-state index < -0.39 is 5.97 Å². The maximum absolute atomic E-state index is 12.0. The van der Waals surface area contributed by atoms with Gasteiger partial charge in [-0.2, -0.15) is 0 Å². The summed E-state index contributed by atoms with van der Waals surface area (Å²) in [5.41, 5.74) is 3.49. The number of aromatic hydroxyl groups is 1. The molecule has 0 saturated heterocycles. The zero-order valence-corrected chi connectivity index (χ0v) is 12.0. The number of phenolic OH excluding ortho intramolecular Hbond substituents is 1. The van der Waals surface area contributed by atoms with Crippen LogP contribution in [0.25, 0.3) is 10.9 Å². The van der Waals surface area contributed by atoms with E-state index in [2.05, 4.69) is 10.3 Å². The topological polar surface area (TPSA) is 74.4 Å². The maximum atomic E-state index is 12.0. The Kier molecular flexibility index (Phi) is 3.01. The van der Waals surface area contributed by atoms with Crippen LogP contribution in [-0.2, 0) is 4.74 Å². The van der Waals surface area contributed by atoms with Gasteiger partial charge in [0.2, 0.25) is 0 Å². The van der Waals surface area contributed by atoms with Crippen LogP contribution in [0.1, 0.15) is 27.5 Å². The number of methoxy groups -OCH3 is 1. The number of aryl methyl sites for hydroxylation is 1. The number of halogens is 1. The number of hydrogen-bond donors (Lipinski definition) is 3. The van der Waals surface area contributed by atoms with Crippen LogP contribution in [0, 0.1) is 6.92 Å². The van der Waals surface area contributed by atoms with E-state index in [4.69, 9.17) is 16.3 Å². The Balaban J connectivity index is 2.41. The van der Waals surface area contributed by atoms with E-state index in [0.29, 0.717) is 34.6 Å². The molecule has 0 aliphatic carbocycles. The average Bonchev–Trinajstić information content (AvgIpc) is 2.98. The van der Waals surface area contributed by atoms with Crippen molar-refractivity contribution in [2.45, 2.75) is 12.8 Å². The van der Waals surface area contributed by atoms with E-state index in [1.807, 2.05) is 0 Å². The number of alkyl halides is 1. The van der Waals surface area contributed by atoms with Crippen LogP contribution < -0.4 is 5.32 Å². The van der Waals surface area contributed by atoms with Crippen molar-refractivity contribution in [3.63, 3.8) is 0 Å². The van der Waals surface area contributed by atoms with Crippen molar-refractivity contribution >= 4 is 34.2 Å². The SMILES string of the molecule is COC(=O)c1c(C)[nH]c2c(O)cc3c(c12)[C@H](CCl)CN3. The number of benzene rings is 1. The van der Waals surface area contributed by atoms with Gasteiger partial charge in [-0.15, -0.1) is 11.6 Å². The minimum atomic E-state index is -0.415. The lowest BCUT2D eigenvalue weighted by Crippen LogP contribution is -2.06. The number of aromatic amines is 1. The number of esters is 1. The molecule has 3 rings (SSSR count). The van der Waals surface area contributed by atoms with Crippen molar-refractivity contribution < 1.29 is 14.6 Å². The predicted molar refractivity (Wildman–Crippen MR) is 78.0 cm³/mol. The lowest BCUT2D eigenvalue weighted by molar-refractivity contribution is 0.0602. The molecule has 1 aromatic heterocycles. The third kappa shape index (κ3) is 1.66. The quantitative estimate of drug-likeness (QED) is 0.588. The highest BCUT2D eigenvalue weighted by atomic mass is 35.5. The number of carbonyl (C=O) groups is 1. The zero-order valence-electron chi connectivity index (χ0n) is 11.2. The van der Waals surface area contributed by atoms with E-state index in [1.54, 1.807) is 13.0 Å². The van der Waals surface area contributed by atoms with Crippen LogP contribution >= 0.6 is 11.6 Å². The number of phenols is 1. The average molecular weight is 295 g/mol. The van der Waals surface area contributed by atoms with Crippen LogP contribution in [0.4, 0.5) is 5.69 Å². The van der Waals surface area contributed by atoms with Gasteiger partial charge in [-0.25, -0.2) is 4.79 Å². The number of anilines is 1. The van der Waals surface area contributed by atoms with Crippen molar-refractivity contribution in [1.29, 1.82) is 0 Å². The second-order valence-electron chi connectivity index (χ2n) is 4.96. The molecule has 1 aliphatic rings. The third-order valence-electron chi connectivity index (χ3n) is 3.81. The molecule has 0 saturated carbocycles. The van der Waals surface area contributed by atoms with Crippen molar-refractivity contribution in [1.82, 2.24) is 4.98 Å². The summed E-state index contributed by atoms with van der Waals surface area (Å²) in [7, 11) is 1.35. The summed E-state index contributed by atoms with van der Waals surface area (Å²) in [6.07, 6.45) is 0. The first kappa shape index (κ1) is 13.1. The van der Waals surface area contributed by atoms with Gasteiger partial charge in [0.15, 0.2) is 0 Å². The van der Waals surface area contributed by atoms with Crippen LogP contribution in [-0.4, -0.2) is 35.6 Å². The first-order valence-corrected chi connectivity index (χ1v) is 6.88. The fourth-order valence-corrected chi connectivity index (χ4v) is 3.17. The Morgan fingerprint density at radius 2 is 2.35 bits per heavy atom. The van der Waals surface area contributed by atoms with Crippen molar-refractivity contribution in [2.24, 2.45) is 0 Å². The highest BCUT2D eigenvalue weighted by Gasteiger charge is 2.30. The van der Waals surface area contributed by atoms with E-state index in [-0.39, 0.29) is 11.7 Å². The Morgan fingerprint density at radius 1 is 1.60 bits per heavy atom. The smallest absolute Gasteiger partial charge is 0.340 e. The standard InChI is InChI=1S/C14H15ClN2O3/c1-6-10(14(19)20-2)12-11-7(4-15)5-16-8(11)3-9(18)13(12)17-6/h3,7,16-18H,4-5H2,1-2H3/t7-/m1/s1. The summed E-state index contributed by atoms with van der Waals surface area (Å²) in [6.45, 7) is 2.48. The normalized spacial score (nSPS) is 17.1. The van der Waals surface area contributed by atoms with Crippen LogP contribution in [0.15, 0.2) is 6.07 Å². The van der Waals surface area contributed by atoms with Gasteiger partial charge < -0.3 is 20.1 Å². The van der Waals surface area contributed by atoms with Crippen LogP contribution in [0.5, 0.6) is 5.75 Å². The fraction of sp³-hybridized carbons (Fsp3) is 0.357. The first-order chi connectivity index (χ1) is 9.58. The second kappa shape index (κ2) is 4.59. The minimum Gasteiger partial charge on any atom is -0.506 e. The summed E-state index contributed by atoms with van der Waals surface area (Å²) < 4.78 is 4.86. The van der Waals surface area contributed by atoms with Gasteiger partial charge in [-0.1, -0.05) is 0 Å². The molecule has 1 aliphatic heterocycles. The van der Waals surface area contributed by atoms with E-state index in [0.717, 1.165) is 11.3 Å². The highest BCUT2D eigenvalue weighted by molar-refractivity contribution is 6.19. The molecular weight excluding hydrogens is 280 g/mol. The molecule has 6 heteroatoms. The number of fused-ring (bicyclic) bond motifs is 3. The monoisotopic (exact) mass is 294 g/mol. The van der Waals surface area contributed by atoms with Gasteiger partial charge in [0, 0.05) is 41.2 Å². The molecule has 3 N–H and O–H groups in total. The Labute approximate surface area is 120 Å². The van der Waals surface area contributed by atoms with Crippen LogP contribution in [0.2, 0.25) is 0 Å². The Hall–Kier alpha value is -1.88. The largest absolute Gasteiger partial charge is 0.506 e. The van der Waals surface area contributed by atoms with E-state index >= 15 is 0 Å². The molecule has 0 spiro atoms. The fourth-order valence-electron chi connectivity index (χ4n) is 2.90. The molecular formula is C14H15ClN2O3. The molecule has 0 unspecified atom stereocenters. The molecule has 2 heterocycles. The molecule has 1 aromatic carbocycles. The second-order valence-corrected chi connectivity index (χ2v) is 5.26. The number of hydrogen-bond acceptors (Lipinski definition) is 4. The van der Waals surface area contributed by atoms with Gasteiger partial charge in [0.05, 0.1) is 18.2 Å². The summed E-state index contributed by atoms with van der Waals surface area (Å²) in [6, 6.07) is 1.67. The van der Waals surface area contributed by atoms with E-state index in [1.165, 1.54) is 7.11 Å². The van der Waals surface area contributed by atoms with Gasteiger partial charge in [0.25, 0.3) is 0 Å². The van der Waals surface area contributed by atoms with Gasteiger partial charge in [-0.3, -0.25) is 0 Å². The van der Waals surface area contributed by atoms with Crippen molar-refractivity contribution in [3.05, 3.63) is 22.9 Å². The molecule has 106 valence electrons. The Bertz CT molecular complexity index is 708. The van der Waals surface area contributed by atoms with Crippen molar-refractivity contribution in [2.75, 3.05) is 24.9 Å². The van der Waals surface area contributed by atoms with Crippen molar-refractivity contribution in [3.8, 4) is 5.75 Å². The van der Waals surface area contributed by atoms with Gasteiger partial charge in [-0.05, 0) is 12.5 Å². The molecule has 1 atom stereocenters. The lowest BCUT2D eigenvalue weighted by atomic mass is 9.95. The number of H-pyrrole nitrogens is 1. The molecule has 0 radical (unpaired) electrons. The minimum absolute atomic E-state index is 0.105. The maximum Gasteiger partial charge on any atom is 0.340 e. The molecule has 5 nitrogen and oxygen atoms in total. The summed E-state index contributed by atoms with van der Waals surface area (Å²) in [5.74, 6) is 0.250. The van der Waals surface area contributed by atoms with Gasteiger partial charge in [0.1, 0.15) is 5.75 Å². The summed E-state index contributed by atoms with van der Waals surface area (Å²) in [4.78, 5) is 15.1. The number of aromatic nitrogens is 1. The zero-order chi connectivity index (χ0) is 14.4. The highest BCUT2D eigenvalue weighted by Crippen LogP contribution is 2.44. The molecule has 20 heavy (non-hydrogen) atoms. The Morgan fingerprint density at radius 3 is 3.00 bits per heavy atom. The van der Waals surface area contributed by atoms with Crippen LogP contribution in [0.3, 0.4) is 0 Å². The lowest BCUT2D eigenvalue weighted by Gasteiger charge is -2.10. The van der Waals surface area contributed by atoms with E-state index in [9.17, 15) is 9.90 Å². The molecule has 2 aromatic rings. The first-order valence-electron chi connectivity index (χ1n) is 6.34. The number of ether oxygens (including phenoxy) is 1. The third-order valence-corrected chi connectivity index (χ3v) is 4.18. The molecule has 0 bridgehead atoms. The number of carbonyl (C=O) groups excluding carboxylic acids is 1. The summed E-state index contributed by atoms with van der Waals surface area (Å²) in [5, 5.41) is 14.1. The van der Waals surface area contributed by atoms with Gasteiger partial charge >= 0.3 is 5.97 Å². The number of rotatable bonds is 2. The summed E-state index contributed by atoms with van der Waals surface area (Å²) >= 11 is 6.02. The predicted octanol–water partition coefficient (Wildman–Crippen LogP) is 2.72.